The SMILES string of the molecule is CC(C)(C)OC(=O)N1C=CSC1C(=O)O. The first-order valence-electron chi connectivity index (χ1n) is 4.37. The predicted octanol–water partition coefficient (Wildman–Crippen LogP) is 1.85. The van der Waals surface area contributed by atoms with Crippen molar-refractivity contribution in [2.75, 3.05) is 0 Å². The van der Waals surface area contributed by atoms with Gasteiger partial charge in [-0.2, -0.15) is 0 Å². The van der Waals surface area contributed by atoms with Gasteiger partial charge < -0.3 is 9.84 Å². The van der Waals surface area contributed by atoms with Crippen molar-refractivity contribution < 1.29 is 19.4 Å². The lowest BCUT2D eigenvalue weighted by Crippen LogP contribution is -2.40. The molecule has 6 heteroatoms. The van der Waals surface area contributed by atoms with Crippen LogP contribution in [-0.2, 0) is 9.53 Å². The number of hydrogen-bond donors (Lipinski definition) is 1. The van der Waals surface area contributed by atoms with Gasteiger partial charge in [0.25, 0.3) is 0 Å². The molecule has 0 radical (unpaired) electrons. The fourth-order valence-corrected chi connectivity index (χ4v) is 1.72. The quantitative estimate of drug-likeness (QED) is 0.746. The van der Waals surface area contributed by atoms with Crippen LogP contribution in [0, 0.1) is 0 Å². The van der Waals surface area contributed by atoms with Crippen molar-refractivity contribution in [1.82, 2.24) is 4.90 Å². The summed E-state index contributed by atoms with van der Waals surface area (Å²) in [6.07, 6.45) is 0.772. The third kappa shape index (κ3) is 3.16. The topological polar surface area (TPSA) is 66.8 Å². The zero-order chi connectivity index (χ0) is 11.6. The summed E-state index contributed by atoms with van der Waals surface area (Å²) in [5.41, 5.74) is -0.624. The molecule has 0 saturated carbocycles. The zero-order valence-corrected chi connectivity index (χ0v) is 9.58. The molecule has 1 heterocycles. The normalized spacial score (nSPS) is 20.5. The lowest BCUT2D eigenvalue weighted by atomic mass is 10.2. The molecule has 1 atom stereocenters. The Labute approximate surface area is 92.1 Å². The van der Waals surface area contributed by atoms with E-state index in [1.807, 2.05) is 0 Å². The van der Waals surface area contributed by atoms with Gasteiger partial charge in [0.05, 0.1) is 0 Å². The minimum absolute atomic E-state index is 0.624. The lowest BCUT2D eigenvalue weighted by molar-refractivity contribution is -0.138. The first-order chi connectivity index (χ1) is 6.81. The summed E-state index contributed by atoms with van der Waals surface area (Å²) in [5.74, 6) is -1.06. The molecule has 1 rings (SSSR count). The summed E-state index contributed by atoms with van der Waals surface area (Å²) in [7, 11) is 0. The van der Waals surface area contributed by atoms with Crippen molar-refractivity contribution in [1.29, 1.82) is 0 Å². The van der Waals surface area contributed by atoms with Crippen LogP contribution in [0.4, 0.5) is 4.79 Å². The van der Waals surface area contributed by atoms with Gasteiger partial charge in [-0.1, -0.05) is 11.8 Å². The van der Waals surface area contributed by atoms with Crippen LogP contribution in [0.2, 0.25) is 0 Å². The number of hydrogen-bond acceptors (Lipinski definition) is 4. The number of carbonyl (C=O) groups is 2. The molecule has 15 heavy (non-hydrogen) atoms. The van der Waals surface area contributed by atoms with E-state index >= 15 is 0 Å². The summed E-state index contributed by atoms with van der Waals surface area (Å²) in [6, 6.07) is 0. The number of nitrogens with zero attached hydrogens (tertiary/aromatic N) is 1. The molecule has 0 bridgehead atoms. The second-order valence-electron chi connectivity index (χ2n) is 4.00. The average Bonchev–Trinajstić information content (AvgIpc) is 2.47. The molecule has 1 N–H and O–H groups in total. The second-order valence-corrected chi connectivity index (χ2v) is 4.99. The van der Waals surface area contributed by atoms with E-state index in [0.29, 0.717) is 0 Å². The van der Waals surface area contributed by atoms with Gasteiger partial charge in [-0.05, 0) is 26.2 Å². The molecule has 0 aliphatic carbocycles. The highest BCUT2D eigenvalue weighted by molar-refractivity contribution is 8.03. The van der Waals surface area contributed by atoms with E-state index < -0.39 is 23.0 Å². The largest absolute Gasteiger partial charge is 0.479 e. The summed E-state index contributed by atoms with van der Waals surface area (Å²) >= 11 is 1.06. The van der Waals surface area contributed by atoms with Crippen molar-refractivity contribution in [3.63, 3.8) is 0 Å². The predicted molar refractivity (Wildman–Crippen MR) is 56.2 cm³/mol. The first kappa shape index (κ1) is 11.9. The molecule has 5 nitrogen and oxygen atoms in total. The first-order valence-corrected chi connectivity index (χ1v) is 5.32. The Bertz CT molecular complexity index is 308. The van der Waals surface area contributed by atoms with Crippen LogP contribution in [0.15, 0.2) is 11.6 Å². The number of ether oxygens (including phenoxy) is 1. The highest BCUT2D eigenvalue weighted by Gasteiger charge is 2.34. The van der Waals surface area contributed by atoms with E-state index in [-0.39, 0.29) is 0 Å². The number of thioether (sulfide) groups is 1. The van der Waals surface area contributed by atoms with Crippen LogP contribution in [-0.4, -0.2) is 33.0 Å². The molecular weight excluding hydrogens is 218 g/mol. The number of carboxylic acid groups (broad SMARTS) is 1. The molecule has 1 aliphatic heterocycles. The standard InChI is InChI=1S/C9H13NO4S/c1-9(2,3)14-8(13)10-4-5-15-6(10)7(11)12/h4-6H,1-3H3,(H,11,12). The molecule has 0 spiro atoms. The fourth-order valence-electron chi connectivity index (χ4n) is 0.967. The molecular formula is C9H13NO4S. The van der Waals surface area contributed by atoms with Crippen LogP contribution < -0.4 is 0 Å². The Morgan fingerprint density at radius 1 is 1.47 bits per heavy atom. The van der Waals surface area contributed by atoms with Gasteiger partial charge in [-0.15, -0.1) is 0 Å². The summed E-state index contributed by atoms with van der Waals surface area (Å²) in [4.78, 5) is 23.4. The maximum Gasteiger partial charge on any atom is 0.415 e. The van der Waals surface area contributed by atoms with Crippen molar-refractivity contribution in [3.05, 3.63) is 11.6 Å². The lowest BCUT2D eigenvalue weighted by Gasteiger charge is -2.25. The minimum Gasteiger partial charge on any atom is -0.479 e. The third-order valence-corrected chi connectivity index (χ3v) is 2.46. The summed E-state index contributed by atoms with van der Waals surface area (Å²) < 4.78 is 5.06. The number of rotatable bonds is 1. The summed E-state index contributed by atoms with van der Waals surface area (Å²) in [5, 5.41) is 9.46. The minimum atomic E-state index is -1.06. The van der Waals surface area contributed by atoms with E-state index in [1.54, 1.807) is 26.2 Å². The van der Waals surface area contributed by atoms with Crippen molar-refractivity contribution >= 4 is 23.8 Å². The maximum absolute atomic E-state index is 11.6. The van der Waals surface area contributed by atoms with Gasteiger partial charge >= 0.3 is 12.1 Å². The van der Waals surface area contributed by atoms with E-state index in [9.17, 15) is 9.59 Å². The molecule has 1 unspecified atom stereocenters. The van der Waals surface area contributed by atoms with Crippen LogP contribution in [0.5, 0.6) is 0 Å². The van der Waals surface area contributed by atoms with E-state index in [2.05, 4.69) is 0 Å². The fraction of sp³-hybridized carbons (Fsp3) is 0.556. The molecule has 1 amide bonds. The van der Waals surface area contributed by atoms with Gasteiger partial charge in [-0.25, -0.2) is 9.59 Å². The number of amides is 1. The van der Waals surface area contributed by atoms with Crippen molar-refractivity contribution in [2.45, 2.75) is 31.7 Å². The Balaban J connectivity index is 2.67. The number of aliphatic carboxylic acids is 1. The Kier molecular flexibility index (Phi) is 3.28. The molecule has 0 saturated heterocycles. The van der Waals surface area contributed by atoms with E-state index in [1.165, 1.54) is 6.20 Å². The summed E-state index contributed by atoms with van der Waals surface area (Å²) in [6.45, 7) is 5.19. The van der Waals surface area contributed by atoms with Gasteiger partial charge in [0.2, 0.25) is 0 Å². The van der Waals surface area contributed by atoms with Gasteiger partial charge in [-0.3, -0.25) is 4.90 Å². The Hall–Kier alpha value is -1.17. The van der Waals surface area contributed by atoms with Gasteiger partial charge in [0.15, 0.2) is 5.37 Å². The zero-order valence-electron chi connectivity index (χ0n) is 8.76. The smallest absolute Gasteiger partial charge is 0.415 e. The second kappa shape index (κ2) is 4.14. The number of carboxylic acids is 1. The van der Waals surface area contributed by atoms with Gasteiger partial charge in [0.1, 0.15) is 5.60 Å². The molecule has 0 fully saturated rings. The van der Waals surface area contributed by atoms with E-state index in [4.69, 9.17) is 9.84 Å². The molecule has 0 aromatic carbocycles. The molecule has 0 aromatic heterocycles. The van der Waals surface area contributed by atoms with Crippen molar-refractivity contribution in [2.24, 2.45) is 0 Å². The van der Waals surface area contributed by atoms with Crippen LogP contribution in [0.3, 0.4) is 0 Å². The third-order valence-electron chi connectivity index (χ3n) is 1.50. The molecule has 84 valence electrons. The molecule has 0 aromatic rings. The average molecular weight is 231 g/mol. The van der Waals surface area contributed by atoms with Crippen LogP contribution in [0.1, 0.15) is 20.8 Å². The Morgan fingerprint density at radius 3 is 2.53 bits per heavy atom. The Morgan fingerprint density at radius 2 is 2.07 bits per heavy atom. The molecule has 1 aliphatic rings. The number of carbonyl (C=O) groups excluding carboxylic acids is 1. The highest BCUT2D eigenvalue weighted by atomic mass is 32.2. The van der Waals surface area contributed by atoms with Crippen LogP contribution in [0.25, 0.3) is 0 Å². The van der Waals surface area contributed by atoms with E-state index in [0.717, 1.165) is 16.7 Å². The van der Waals surface area contributed by atoms with Gasteiger partial charge in [0, 0.05) is 6.20 Å². The maximum atomic E-state index is 11.6. The monoisotopic (exact) mass is 231 g/mol. The van der Waals surface area contributed by atoms with Crippen LogP contribution >= 0.6 is 11.8 Å². The van der Waals surface area contributed by atoms with Crippen molar-refractivity contribution in [3.8, 4) is 0 Å². The highest BCUT2D eigenvalue weighted by Crippen LogP contribution is 2.26.